The molecule has 0 heterocycles. The van der Waals surface area contributed by atoms with E-state index in [1.165, 1.54) is 0 Å². The van der Waals surface area contributed by atoms with E-state index in [4.69, 9.17) is 0 Å². The van der Waals surface area contributed by atoms with Crippen molar-refractivity contribution in [2.75, 3.05) is 55.4 Å². The van der Waals surface area contributed by atoms with Crippen LogP contribution in [-0.4, -0.2) is 69.4 Å². The molecule has 0 aliphatic heterocycles. The molecule has 0 aromatic carbocycles. The Balaban J connectivity index is 4.58. The lowest BCUT2D eigenvalue weighted by Gasteiger charge is -2.37. The van der Waals surface area contributed by atoms with Gasteiger partial charge in [0, 0.05) is 13.1 Å². The molecule has 0 aromatic heterocycles. The van der Waals surface area contributed by atoms with Gasteiger partial charge in [-0.15, -0.1) is 0 Å². The summed E-state index contributed by atoms with van der Waals surface area (Å²) in [6.45, 7) is 1.60. The number of hydrogen-bond acceptors (Lipinski definition) is 2. The maximum atomic E-state index is 12.6. The quantitative estimate of drug-likeness (QED) is 0.657. The fourth-order valence-corrected chi connectivity index (χ4v) is 3.67. The van der Waals surface area contributed by atoms with Crippen molar-refractivity contribution in [3.05, 3.63) is 0 Å². The van der Waals surface area contributed by atoms with Crippen molar-refractivity contribution in [3.63, 3.8) is 0 Å². The molecule has 0 rings (SSSR count). The zero-order chi connectivity index (χ0) is 11.4. The summed E-state index contributed by atoms with van der Waals surface area (Å²) in [5.41, 5.74) is 0. The van der Waals surface area contributed by atoms with Crippen molar-refractivity contribution >= 4 is 7.59 Å². The second-order valence-corrected chi connectivity index (χ2v) is 7.00. The van der Waals surface area contributed by atoms with Crippen molar-refractivity contribution in [2.24, 2.45) is 0 Å². The third-order valence-corrected chi connectivity index (χ3v) is 5.35. The molecule has 0 bridgehead atoms. The Bertz CT molecular complexity index is 196. The zero-order valence-electron chi connectivity index (χ0n) is 10.1. The van der Waals surface area contributed by atoms with Gasteiger partial charge in [-0.3, -0.25) is 4.57 Å². The van der Waals surface area contributed by atoms with Crippen LogP contribution in [0.15, 0.2) is 0 Å². The van der Waals surface area contributed by atoms with Crippen LogP contribution in [0.3, 0.4) is 0 Å². The first kappa shape index (κ1) is 14.1. The van der Waals surface area contributed by atoms with Gasteiger partial charge < -0.3 is 5.32 Å². The lowest BCUT2D eigenvalue weighted by Crippen LogP contribution is -2.35. The Hall–Kier alpha value is 0.0700. The van der Waals surface area contributed by atoms with Gasteiger partial charge in [-0.25, -0.2) is 14.0 Å². The Morgan fingerprint density at radius 3 is 1.79 bits per heavy atom. The van der Waals surface area contributed by atoms with Gasteiger partial charge in [-0.1, -0.05) is 0 Å². The van der Waals surface area contributed by atoms with Crippen LogP contribution in [0.5, 0.6) is 0 Å². The van der Waals surface area contributed by atoms with Crippen LogP contribution in [0, 0.1) is 0 Å². The molecule has 6 heteroatoms. The minimum atomic E-state index is -2.52. The highest BCUT2D eigenvalue weighted by Gasteiger charge is 2.32. The van der Waals surface area contributed by atoms with E-state index in [9.17, 15) is 4.57 Å². The van der Waals surface area contributed by atoms with Gasteiger partial charge in [0.05, 0.1) is 0 Å². The fraction of sp³-hybridized carbons (Fsp3) is 1.00. The molecular formula is C8H23N4OP. The van der Waals surface area contributed by atoms with Gasteiger partial charge in [-0.05, 0) is 42.3 Å². The van der Waals surface area contributed by atoms with E-state index in [2.05, 4.69) is 5.32 Å². The maximum Gasteiger partial charge on any atom is 0.285 e. The van der Waals surface area contributed by atoms with E-state index in [-0.39, 0.29) is 0 Å². The lowest BCUT2D eigenvalue weighted by molar-refractivity contribution is 0.358. The summed E-state index contributed by atoms with van der Waals surface area (Å²) in [6.07, 6.45) is 0. The number of hydrogen-bond donors (Lipinski definition) is 1. The molecule has 0 aromatic rings. The van der Waals surface area contributed by atoms with Gasteiger partial charge >= 0.3 is 0 Å². The van der Waals surface area contributed by atoms with E-state index in [0.717, 1.165) is 13.1 Å². The molecule has 0 fully saturated rings. The van der Waals surface area contributed by atoms with Crippen molar-refractivity contribution in [1.29, 1.82) is 0 Å². The minimum Gasteiger partial charge on any atom is -0.318 e. The highest BCUT2D eigenvalue weighted by molar-refractivity contribution is 7.56. The molecule has 0 aliphatic rings. The molecule has 0 saturated heterocycles. The third-order valence-electron chi connectivity index (χ3n) is 2.17. The van der Waals surface area contributed by atoms with Gasteiger partial charge in [0.1, 0.15) is 0 Å². The zero-order valence-corrected chi connectivity index (χ0v) is 11.0. The van der Waals surface area contributed by atoms with Gasteiger partial charge in [-0.2, -0.15) is 0 Å². The van der Waals surface area contributed by atoms with Crippen LogP contribution >= 0.6 is 7.59 Å². The normalized spacial score (nSPS) is 13.2. The summed E-state index contributed by atoms with van der Waals surface area (Å²) in [7, 11) is 8.63. The Morgan fingerprint density at radius 2 is 1.50 bits per heavy atom. The standard InChI is InChI=1S/C8H23N4OP/c1-9-7-8-12(6)14(13,10(2)3)11(4)5/h9H,7-8H2,1-6H3. The molecule has 0 radical (unpaired) electrons. The first-order chi connectivity index (χ1) is 6.37. The SMILES string of the molecule is CNCCN(C)P(=O)(N(C)C)N(C)C. The molecular weight excluding hydrogens is 199 g/mol. The molecule has 0 unspecified atom stereocenters. The Kier molecular flexibility index (Phi) is 5.86. The number of likely N-dealkylation sites (N-methyl/N-ethyl adjacent to an activating group) is 2. The highest BCUT2D eigenvalue weighted by Crippen LogP contribution is 2.51. The second kappa shape index (κ2) is 5.83. The van der Waals surface area contributed by atoms with Crippen molar-refractivity contribution in [3.8, 4) is 0 Å². The monoisotopic (exact) mass is 222 g/mol. The average molecular weight is 222 g/mol. The smallest absolute Gasteiger partial charge is 0.285 e. The number of rotatable bonds is 6. The molecule has 0 saturated carbocycles. The summed E-state index contributed by atoms with van der Waals surface area (Å²) < 4.78 is 18.0. The molecule has 0 atom stereocenters. The molecule has 0 spiro atoms. The maximum absolute atomic E-state index is 12.6. The molecule has 14 heavy (non-hydrogen) atoms. The van der Waals surface area contributed by atoms with Crippen LogP contribution in [0.25, 0.3) is 0 Å². The fourth-order valence-electron chi connectivity index (χ4n) is 1.37. The summed E-state index contributed by atoms with van der Waals surface area (Å²) >= 11 is 0. The average Bonchev–Trinajstić information content (AvgIpc) is 2.11. The minimum absolute atomic E-state index is 0.768. The predicted molar refractivity (Wildman–Crippen MR) is 61.5 cm³/mol. The first-order valence-electron chi connectivity index (χ1n) is 4.69. The largest absolute Gasteiger partial charge is 0.318 e. The van der Waals surface area contributed by atoms with Gasteiger partial charge in [0.25, 0.3) is 7.59 Å². The predicted octanol–water partition coefficient (Wildman–Crippen LogP) is 0.369. The van der Waals surface area contributed by atoms with Crippen molar-refractivity contribution in [2.45, 2.75) is 0 Å². The van der Waals surface area contributed by atoms with Crippen LogP contribution in [-0.2, 0) is 4.57 Å². The molecule has 86 valence electrons. The van der Waals surface area contributed by atoms with E-state index in [1.807, 2.05) is 47.0 Å². The summed E-state index contributed by atoms with van der Waals surface area (Å²) in [6, 6.07) is 0. The first-order valence-corrected chi connectivity index (χ1v) is 6.25. The molecule has 1 N–H and O–H groups in total. The lowest BCUT2D eigenvalue weighted by atomic mass is 10.6. The Morgan fingerprint density at radius 1 is 1.07 bits per heavy atom. The van der Waals surface area contributed by atoms with Crippen molar-refractivity contribution < 1.29 is 4.57 Å². The summed E-state index contributed by atoms with van der Waals surface area (Å²) in [4.78, 5) is 0. The van der Waals surface area contributed by atoms with Crippen LogP contribution < -0.4 is 5.32 Å². The van der Waals surface area contributed by atoms with E-state index in [0.29, 0.717) is 0 Å². The highest BCUT2D eigenvalue weighted by atomic mass is 31.2. The Labute approximate surface area is 87.6 Å². The van der Waals surface area contributed by atoms with Crippen molar-refractivity contribution in [1.82, 2.24) is 19.3 Å². The summed E-state index contributed by atoms with van der Waals surface area (Å²) in [5, 5.41) is 3.05. The van der Waals surface area contributed by atoms with E-state index >= 15 is 0 Å². The van der Waals surface area contributed by atoms with E-state index < -0.39 is 7.59 Å². The van der Waals surface area contributed by atoms with Gasteiger partial charge in [0.2, 0.25) is 0 Å². The molecule has 5 nitrogen and oxygen atoms in total. The number of nitrogens with one attached hydrogen (secondary N) is 1. The second-order valence-electron chi connectivity index (χ2n) is 3.69. The summed E-state index contributed by atoms with van der Waals surface area (Å²) in [5.74, 6) is 0. The van der Waals surface area contributed by atoms with E-state index in [1.54, 1.807) is 9.34 Å². The van der Waals surface area contributed by atoms with Gasteiger partial charge in [0.15, 0.2) is 0 Å². The van der Waals surface area contributed by atoms with Crippen LogP contribution in [0.2, 0.25) is 0 Å². The molecule has 0 aliphatic carbocycles. The molecule has 0 amide bonds. The van der Waals surface area contributed by atoms with Crippen LogP contribution in [0.4, 0.5) is 0 Å². The number of nitrogens with zero attached hydrogens (tertiary/aromatic N) is 3. The van der Waals surface area contributed by atoms with Crippen LogP contribution in [0.1, 0.15) is 0 Å². The third kappa shape index (κ3) is 3.04. The topological polar surface area (TPSA) is 38.8 Å².